The van der Waals surface area contributed by atoms with Crippen molar-refractivity contribution >= 4 is 15.9 Å². The van der Waals surface area contributed by atoms with Gasteiger partial charge >= 0.3 is 0 Å². The van der Waals surface area contributed by atoms with Gasteiger partial charge in [0.25, 0.3) is 0 Å². The third-order valence-electron chi connectivity index (χ3n) is 2.64. The van der Waals surface area contributed by atoms with Crippen LogP contribution in [0.2, 0.25) is 0 Å². The van der Waals surface area contributed by atoms with Gasteiger partial charge in [-0.05, 0) is 44.9 Å². The predicted molar refractivity (Wildman–Crippen MR) is 78.9 cm³/mol. The van der Waals surface area contributed by atoms with Crippen molar-refractivity contribution in [3.05, 3.63) is 29.8 Å². The van der Waals surface area contributed by atoms with E-state index in [2.05, 4.69) is 10.0 Å². The van der Waals surface area contributed by atoms with Gasteiger partial charge < -0.3 is 5.32 Å². The Morgan fingerprint density at radius 3 is 2.30 bits per heavy atom. The molecule has 1 aromatic rings. The van der Waals surface area contributed by atoms with Gasteiger partial charge in [0.1, 0.15) is 0 Å². The van der Waals surface area contributed by atoms with E-state index < -0.39 is 10.0 Å². The van der Waals surface area contributed by atoms with Gasteiger partial charge in [0.2, 0.25) is 15.9 Å². The van der Waals surface area contributed by atoms with Crippen molar-refractivity contribution in [1.82, 2.24) is 10.0 Å². The molecule has 0 radical (unpaired) electrons. The van der Waals surface area contributed by atoms with Crippen molar-refractivity contribution in [1.29, 1.82) is 0 Å². The summed E-state index contributed by atoms with van der Waals surface area (Å²) in [5.41, 5.74) is 0.944. The third kappa shape index (κ3) is 5.30. The van der Waals surface area contributed by atoms with Gasteiger partial charge in [0.15, 0.2) is 0 Å². The van der Waals surface area contributed by atoms with Gasteiger partial charge in [0.05, 0.1) is 4.90 Å². The van der Waals surface area contributed by atoms with E-state index in [0.717, 1.165) is 5.56 Å². The number of hydrogen-bond acceptors (Lipinski definition) is 3. The van der Waals surface area contributed by atoms with E-state index in [1.54, 1.807) is 38.1 Å². The number of nitrogens with one attached hydrogen (secondary N) is 2. The maximum Gasteiger partial charge on any atom is 0.240 e. The highest BCUT2D eigenvalue weighted by Crippen LogP contribution is 2.12. The molecule has 0 spiro atoms. The molecule has 112 valence electrons. The topological polar surface area (TPSA) is 75.3 Å². The van der Waals surface area contributed by atoms with Crippen LogP contribution in [0.25, 0.3) is 0 Å². The average molecular weight is 298 g/mol. The summed E-state index contributed by atoms with van der Waals surface area (Å²) in [6, 6.07) is 6.48. The smallest absolute Gasteiger partial charge is 0.240 e. The molecule has 0 unspecified atom stereocenters. The van der Waals surface area contributed by atoms with Crippen molar-refractivity contribution in [2.75, 3.05) is 6.54 Å². The minimum atomic E-state index is -3.45. The fourth-order valence-electron chi connectivity index (χ4n) is 1.76. The highest BCUT2D eigenvalue weighted by molar-refractivity contribution is 7.89. The molecule has 0 bridgehead atoms. The molecule has 1 rings (SSSR count). The normalized spacial score (nSPS) is 11.6. The minimum Gasteiger partial charge on any atom is -0.356 e. The lowest BCUT2D eigenvalue weighted by atomic mass is 10.1. The summed E-state index contributed by atoms with van der Waals surface area (Å²) in [5.74, 6) is 0.00525. The van der Waals surface area contributed by atoms with Crippen LogP contribution >= 0.6 is 0 Å². The number of sulfonamides is 1. The number of aryl methyl sites for hydroxylation is 1. The summed E-state index contributed by atoms with van der Waals surface area (Å²) < 4.78 is 26.4. The molecule has 1 aromatic carbocycles. The molecule has 1 amide bonds. The molecule has 0 aliphatic carbocycles. The summed E-state index contributed by atoms with van der Waals surface area (Å²) in [6.45, 7) is 6.05. The molecule has 5 nitrogen and oxygen atoms in total. The second-order valence-corrected chi connectivity index (χ2v) is 6.59. The first kappa shape index (κ1) is 16.7. The predicted octanol–water partition coefficient (Wildman–Crippen LogP) is 1.44. The summed E-state index contributed by atoms with van der Waals surface area (Å²) in [5, 5.41) is 2.73. The Hall–Kier alpha value is -1.40. The van der Waals surface area contributed by atoms with E-state index in [1.807, 2.05) is 6.92 Å². The van der Waals surface area contributed by atoms with Crippen molar-refractivity contribution in [3.63, 3.8) is 0 Å². The van der Waals surface area contributed by atoms with E-state index in [4.69, 9.17) is 0 Å². The van der Waals surface area contributed by atoms with Gasteiger partial charge in [-0.3, -0.25) is 4.79 Å². The molecular formula is C14H22N2O3S. The fourth-order valence-corrected chi connectivity index (χ4v) is 3.01. The molecule has 0 saturated carbocycles. The highest BCUT2D eigenvalue weighted by atomic mass is 32.2. The number of hydrogen-bond donors (Lipinski definition) is 2. The Labute approximate surface area is 120 Å². The van der Waals surface area contributed by atoms with Crippen LogP contribution in [0.1, 0.15) is 32.8 Å². The zero-order valence-electron chi connectivity index (χ0n) is 12.1. The summed E-state index contributed by atoms with van der Waals surface area (Å²) in [4.78, 5) is 11.6. The lowest BCUT2D eigenvalue weighted by molar-refractivity contribution is -0.120. The Kier molecular flexibility index (Phi) is 6.16. The SMILES string of the molecule is CCNC(=O)CCc1ccc(S(=O)(=O)NC(C)C)cc1. The molecule has 0 aromatic heterocycles. The molecular weight excluding hydrogens is 276 g/mol. The van der Waals surface area contributed by atoms with Crippen LogP contribution in [0.5, 0.6) is 0 Å². The van der Waals surface area contributed by atoms with Crippen LogP contribution < -0.4 is 10.0 Å². The molecule has 0 fully saturated rings. The molecule has 2 N–H and O–H groups in total. The standard InChI is InChI=1S/C14H22N2O3S/c1-4-15-14(17)10-7-12-5-8-13(9-6-12)20(18,19)16-11(2)3/h5-6,8-9,11,16H,4,7,10H2,1-3H3,(H,15,17). The third-order valence-corrected chi connectivity index (χ3v) is 4.31. The van der Waals surface area contributed by atoms with E-state index >= 15 is 0 Å². The van der Waals surface area contributed by atoms with E-state index in [-0.39, 0.29) is 16.8 Å². The van der Waals surface area contributed by atoms with Gasteiger partial charge in [-0.1, -0.05) is 12.1 Å². The van der Waals surface area contributed by atoms with E-state index in [0.29, 0.717) is 19.4 Å². The number of carbonyl (C=O) groups is 1. The fraction of sp³-hybridized carbons (Fsp3) is 0.500. The Bertz CT molecular complexity index is 536. The summed E-state index contributed by atoms with van der Waals surface area (Å²) >= 11 is 0. The molecule has 0 aliphatic rings. The first-order valence-electron chi connectivity index (χ1n) is 6.73. The van der Waals surface area contributed by atoms with Gasteiger partial charge in [-0.25, -0.2) is 13.1 Å². The van der Waals surface area contributed by atoms with Crippen LogP contribution in [0.3, 0.4) is 0 Å². The monoisotopic (exact) mass is 298 g/mol. The molecule has 0 heterocycles. The molecule has 0 saturated heterocycles. The molecule has 6 heteroatoms. The van der Waals surface area contributed by atoms with Crippen molar-refractivity contribution < 1.29 is 13.2 Å². The average Bonchev–Trinajstić information content (AvgIpc) is 2.36. The van der Waals surface area contributed by atoms with Crippen molar-refractivity contribution in [3.8, 4) is 0 Å². The molecule has 0 atom stereocenters. The van der Waals surface area contributed by atoms with Gasteiger partial charge in [-0.2, -0.15) is 0 Å². The van der Waals surface area contributed by atoms with Gasteiger partial charge in [-0.15, -0.1) is 0 Å². The quantitative estimate of drug-likeness (QED) is 0.800. The second-order valence-electron chi connectivity index (χ2n) is 4.87. The molecule has 20 heavy (non-hydrogen) atoms. The van der Waals surface area contributed by atoms with E-state index in [9.17, 15) is 13.2 Å². The first-order chi connectivity index (χ1) is 9.35. The van der Waals surface area contributed by atoms with Crippen LogP contribution in [0, 0.1) is 0 Å². The van der Waals surface area contributed by atoms with Crippen LogP contribution in [0.4, 0.5) is 0 Å². The maximum absolute atomic E-state index is 11.9. The second kappa shape index (κ2) is 7.40. The van der Waals surface area contributed by atoms with Gasteiger partial charge in [0, 0.05) is 19.0 Å². The Morgan fingerprint density at radius 1 is 1.20 bits per heavy atom. The summed E-state index contributed by atoms with van der Waals surface area (Å²) in [6.07, 6.45) is 1.01. The van der Waals surface area contributed by atoms with Crippen molar-refractivity contribution in [2.45, 2.75) is 44.6 Å². The lowest BCUT2D eigenvalue weighted by Gasteiger charge is -2.10. The van der Waals surface area contributed by atoms with E-state index in [1.165, 1.54) is 0 Å². The maximum atomic E-state index is 11.9. The van der Waals surface area contributed by atoms with Crippen LogP contribution in [-0.2, 0) is 21.2 Å². The highest BCUT2D eigenvalue weighted by Gasteiger charge is 2.14. The largest absolute Gasteiger partial charge is 0.356 e. The number of carbonyl (C=O) groups excluding carboxylic acids is 1. The number of amides is 1. The van der Waals surface area contributed by atoms with Crippen molar-refractivity contribution in [2.24, 2.45) is 0 Å². The Balaban J connectivity index is 2.67. The lowest BCUT2D eigenvalue weighted by Crippen LogP contribution is -2.30. The first-order valence-corrected chi connectivity index (χ1v) is 8.21. The molecule has 0 aliphatic heterocycles. The number of benzene rings is 1. The Morgan fingerprint density at radius 2 is 1.80 bits per heavy atom. The summed E-state index contributed by atoms with van der Waals surface area (Å²) in [7, 11) is -3.45. The zero-order chi connectivity index (χ0) is 15.2. The minimum absolute atomic E-state index is 0.00525. The number of rotatable bonds is 7. The van der Waals surface area contributed by atoms with Crippen LogP contribution in [0.15, 0.2) is 29.2 Å². The zero-order valence-corrected chi connectivity index (χ0v) is 13.0. The van der Waals surface area contributed by atoms with Crippen LogP contribution in [-0.4, -0.2) is 26.9 Å².